The summed E-state index contributed by atoms with van der Waals surface area (Å²) in [6, 6.07) is 6.17. The lowest BCUT2D eigenvalue weighted by atomic mass is 9.94. The van der Waals surface area contributed by atoms with Crippen molar-refractivity contribution in [2.24, 2.45) is 11.7 Å². The van der Waals surface area contributed by atoms with Crippen LogP contribution in [0.1, 0.15) is 29.6 Å². The number of piperidine rings is 1. The van der Waals surface area contributed by atoms with E-state index in [1.165, 1.54) is 12.1 Å². The Balaban J connectivity index is 1.74. The van der Waals surface area contributed by atoms with E-state index >= 15 is 0 Å². The van der Waals surface area contributed by atoms with Crippen LogP contribution in [0.5, 0.6) is 0 Å². The third kappa shape index (κ3) is 3.65. The Labute approximate surface area is 141 Å². The van der Waals surface area contributed by atoms with Crippen LogP contribution in [0.4, 0.5) is 13.2 Å². The van der Waals surface area contributed by atoms with Crippen LogP contribution < -0.4 is 5.73 Å². The summed E-state index contributed by atoms with van der Waals surface area (Å²) in [5.41, 5.74) is 6.74. The van der Waals surface area contributed by atoms with Gasteiger partial charge in [0.1, 0.15) is 0 Å². The molecule has 3 rings (SSSR count). The summed E-state index contributed by atoms with van der Waals surface area (Å²) >= 11 is 0. The zero-order valence-electron chi connectivity index (χ0n) is 13.5. The van der Waals surface area contributed by atoms with E-state index in [0.29, 0.717) is 24.2 Å². The van der Waals surface area contributed by atoms with Crippen LogP contribution in [0.25, 0.3) is 11.4 Å². The molecule has 1 fully saturated rings. The molecule has 1 aliphatic heterocycles. The lowest BCUT2D eigenvalue weighted by Gasteiger charge is -2.35. The Morgan fingerprint density at radius 3 is 2.56 bits per heavy atom. The second-order valence-corrected chi connectivity index (χ2v) is 6.18. The van der Waals surface area contributed by atoms with Crippen molar-refractivity contribution in [3.05, 3.63) is 35.7 Å². The molecular weight excluding hydrogens is 337 g/mol. The first-order valence-electron chi connectivity index (χ1n) is 7.82. The van der Waals surface area contributed by atoms with Gasteiger partial charge in [-0.05, 0) is 24.5 Å². The van der Waals surface area contributed by atoms with Gasteiger partial charge in [0.15, 0.2) is 0 Å². The second-order valence-electron chi connectivity index (χ2n) is 6.18. The number of nitrogens with zero attached hydrogens (tertiary/aromatic N) is 3. The van der Waals surface area contributed by atoms with Crippen molar-refractivity contribution in [2.45, 2.75) is 25.6 Å². The van der Waals surface area contributed by atoms with E-state index in [2.05, 4.69) is 14.7 Å². The van der Waals surface area contributed by atoms with E-state index < -0.39 is 12.1 Å². The number of amides is 1. The largest absolute Gasteiger partial charge is 0.471 e. The van der Waals surface area contributed by atoms with Crippen molar-refractivity contribution < 1.29 is 22.5 Å². The average Bonchev–Trinajstić information content (AvgIpc) is 3.07. The van der Waals surface area contributed by atoms with Gasteiger partial charge in [-0.1, -0.05) is 24.2 Å². The van der Waals surface area contributed by atoms with Gasteiger partial charge in [0.05, 0.1) is 0 Å². The number of carbonyl (C=O) groups excluding carboxylic acids is 1. The summed E-state index contributed by atoms with van der Waals surface area (Å²) in [6.07, 6.45) is -3.94. The molecule has 0 aliphatic carbocycles. The fourth-order valence-corrected chi connectivity index (χ4v) is 2.75. The maximum absolute atomic E-state index is 12.5. The minimum absolute atomic E-state index is 0.0903. The number of nitrogens with two attached hydrogens (primary N) is 1. The molecule has 25 heavy (non-hydrogen) atoms. The molecule has 0 spiro atoms. The normalized spacial score (nSPS) is 21.4. The number of carbonyl (C=O) groups is 1. The van der Waals surface area contributed by atoms with Gasteiger partial charge in [0.25, 0.3) is 5.91 Å². The molecule has 2 N–H and O–H groups in total. The van der Waals surface area contributed by atoms with Crippen molar-refractivity contribution in [2.75, 3.05) is 13.1 Å². The standard InChI is InChI=1S/C16H17F3N4O2/c1-9-8-23(7-6-12(9)20)14(24)11-4-2-10(3-5-11)13-21-15(25-22-13)16(17,18)19/h2-5,9,12H,6-8,20H2,1H3. The Hall–Kier alpha value is -2.42. The number of rotatable bonds is 2. The Morgan fingerprint density at radius 1 is 1.32 bits per heavy atom. The topological polar surface area (TPSA) is 85.2 Å². The first kappa shape index (κ1) is 17.4. The molecular formula is C16H17F3N4O2. The van der Waals surface area contributed by atoms with Crippen LogP contribution >= 0.6 is 0 Å². The summed E-state index contributed by atoms with van der Waals surface area (Å²) < 4.78 is 41.7. The summed E-state index contributed by atoms with van der Waals surface area (Å²) in [5, 5.41) is 3.32. The van der Waals surface area contributed by atoms with E-state index in [4.69, 9.17) is 5.73 Å². The highest BCUT2D eigenvalue weighted by Gasteiger charge is 2.38. The first-order chi connectivity index (χ1) is 11.8. The van der Waals surface area contributed by atoms with Crippen LogP contribution in [0.2, 0.25) is 0 Å². The maximum Gasteiger partial charge on any atom is 0.471 e. The molecule has 2 unspecified atom stereocenters. The third-order valence-corrected chi connectivity index (χ3v) is 4.32. The lowest BCUT2D eigenvalue weighted by Crippen LogP contribution is -2.48. The highest BCUT2D eigenvalue weighted by Crippen LogP contribution is 2.29. The molecule has 0 saturated carbocycles. The number of aromatic nitrogens is 2. The molecule has 2 heterocycles. The minimum atomic E-state index is -4.69. The lowest BCUT2D eigenvalue weighted by molar-refractivity contribution is -0.159. The van der Waals surface area contributed by atoms with E-state index in [-0.39, 0.29) is 23.7 Å². The van der Waals surface area contributed by atoms with Gasteiger partial charge in [-0.15, -0.1) is 0 Å². The van der Waals surface area contributed by atoms with Crippen LogP contribution in [0.15, 0.2) is 28.8 Å². The zero-order valence-corrected chi connectivity index (χ0v) is 13.5. The average molecular weight is 354 g/mol. The molecule has 6 nitrogen and oxygen atoms in total. The van der Waals surface area contributed by atoms with Crippen molar-refractivity contribution in [3.63, 3.8) is 0 Å². The number of likely N-dealkylation sites (tertiary alicyclic amines) is 1. The fraction of sp³-hybridized carbons (Fsp3) is 0.438. The van der Waals surface area contributed by atoms with Crippen LogP contribution in [-0.4, -0.2) is 40.1 Å². The van der Waals surface area contributed by atoms with Crippen LogP contribution in [0, 0.1) is 5.92 Å². The summed E-state index contributed by atoms with van der Waals surface area (Å²) in [5.74, 6) is -1.49. The van der Waals surface area contributed by atoms with Gasteiger partial charge in [0, 0.05) is 30.3 Å². The second kappa shape index (κ2) is 6.47. The molecule has 2 atom stereocenters. The van der Waals surface area contributed by atoms with Gasteiger partial charge < -0.3 is 15.2 Å². The van der Waals surface area contributed by atoms with Crippen molar-refractivity contribution in [3.8, 4) is 11.4 Å². The number of hydrogen-bond acceptors (Lipinski definition) is 5. The first-order valence-corrected chi connectivity index (χ1v) is 7.82. The van der Waals surface area contributed by atoms with Gasteiger partial charge in [-0.25, -0.2) is 0 Å². The van der Waals surface area contributed by atoms with Crippen molar-refractivity contribution in [1.29, 1.82) is 0 Å². The molecule has 1 aromatic heterocycles. The summed E-state index contributed by atoms with van der Waals surface area (Å²) in [7, 11) is 0. The number of halogens is 3. The molecule has 134 valence electrons. The molecule has 0 bridgehead atoms. The predicted octanol–water partition coefficient (Wildman–Crippen LogP) is 2.56. The van der Waals surface area contributed by atoms with Crippen molar-refractivity contribution >= 4 is 5.91 Å². The minimum Gasteiger partial charge on any atom is -0.338 e. The predicted molar refractivity (Wildman–Crippen MR) is 82.4 cm³/mol. The van der Waals surface area contributed by atoms with Gasteiger partial charge in [-0.2, -0.15) is 18.2 Å². The molecule has 1 aromatic carbocycles. The molecule has 2 aromatic rings. The highest BCUT2D eigenvalue weighted by atomic mass is 19.4. The Kier molecular flexibility index (Phi) is 4.51. The number of benzene rings is 1. The highest BCUT2D eigenvalue weighted by molar-refractivity contribution is 5.94. The number of alkyl halides is 3. The van der Waals surface area contributed by atoms with Gasteiger partial charge in [-0.3, -0.25) is 4.79 Å². The van der Waals surface area contributed by atoms with E-state index in [0.717, 1.165) is 6.42 Å². The van der Waals surface area contributed by atoms with E-state index in [1.54, 1.807) is 17.0 Å². The molecule has 1 aliphatic rings. The molecule has 1 amide bonds. The van der Waals surface area contributed by atoms with Crippen LogP contribution in [-0.2, 0) is 6.18 Å². The summed E-state index contributed by atoms with van der Waals surface area (Å²) in [6.45, 7) is 3.18. The number of hydrogen-bond donors (Lipinski definition) is 1. The van der Waals surface area contributed by atoms with Crippen LogP contribution in [0.3, 0.4) is 0 Å². The molecule has 9 heteroatoms. The van der Waals surface area contributed by atoms with Gasteiger partial charge >= 0.3 is 12.1 Å². The smallest absolute Gasteiger partial charge is 0.338 e. The SMILES string of the molecule is CC1CN(C(=O)c2ccc(-c3noc(C(F)(F)F)n3)cc2)CCC1N. The Morgan fingerprint density at radius 2 is 2.00 bits per heavy atom. The van der Waals surface area contributed by atoms with E-state index in [1.807, 2.05) is 6.92 Å². The van der Waals surface area contributed by atoms with E-state index in [9.17, 15) is 18.0 Å². The van der Waals surface area contributed by atoms with Crippen molar-refractivity contribution in [1.82, 2.24) is 15.0 Å². The monoisotopic (exact) mass is 354 g/mol. The fourth-order valence-electron chi connectivity index (χ4n) is 2.75. The Bertz CT molecular complexity index is 757. The summed E-state index contributed by atoms with van der Waals surface area (Å²) in [4.78, 5) is 17.6. The molecule has 1 saturated heterocycles. The third-order valence-electron chi connectivity index (χ3n) is 4.32. The van der Waals surface area contributed by atoms with Gasteiger partial charge in [0.2, 0.25) is 5.82 Å². The molecule has 0 radical (unpaired) electrons. The zero-order chi connectivity index (χ0) is 18.2. The quantitative estimate of drug-likeness (QED) is 0.896. The maximum atomic E-state index is 12.5.